The molecule has 2 aromatic rings. The zero-order chi connectivity index (χ0) is 16.8. The van der Waals surface area contributed by atoms with E-state index in [1.807, 2.05) is 0 Å². The number of carboxylic acids is 1. The van der Waals surface area contributed by atoms with Crippen molar-refractivity contribution in [2.45, 2.75) is 6.42 Å². The average Bonchev–Trinajstić information content (AvgIpc) is 2.55. The van der Waals surface area contributed by atoms with Crippen LogP contribution in [-0.2, 0) is 4.79 Å². The molecular weight excluding hydrogens is 302 g/mol. The largest absolute Gasteiger partial charge is 0.478 e. The third-order valence-corrected chi connectivity index (χ3v) is 2.94. The van der Waals surface area contributed by atoms with Crippen LogP contribution in [0, 0.1) is 0 Å². The maximum absolute atomic E-state index is 11.7. The van der Waals surface area contributed by atoms with Crippen LogP contribution in [0.5, 0.6) is 0 Å². The Kier molecular flexibility index (Phi) is 5.00. The molecule has 1 aromatic carbocycles. The molecule has 0 fully saturated rings. The number of aromatic carboxylic acids is 1. The van der Waals surface area contributed by atoms with Crippen LogP contribution in [0.4, 0.5) is 11.5 Å². The SMILES string of the molecule is O=C(CC(=O)c1ccc(Nc2ccc(C(=O)O)cn2)cc1)NO. The van der Waals surface area contributed by atoms with E-state index >= 15 is 0 Å². The smallest absolute Gasteiger partial charge is 0.337 e. The van der Waals surface area contributed by atoms with Gasteiger partial charge in [0.25, 0.3) is 5.91 Å². The second kappa shape index (κ2) is 7.14. The lowest BCUT2D eigenvalue weighted by Crippen LogP contribution is -2.21. The molecule has 0 aliphatic heterocycles. The van der Waals surface area contributed by atoms with Crippen molar-refractivity contribution in [3.05, 3.63) is 53.7 Å². The number of pyridine rings is 1. The molecule has 0 bridgehead atoms. The summed E-state index contributed by atoms with van der Waals surface area (Å²) in [6.07, 6.45) is 0.789. The van der Waals surface area contributed by atoms with Gasteiger partial charge in [-0.3, -0.25) is 14.8 Å². The van der Waals surface area contributed by atoms with E-state index in [4.69, 9.17) is 10.3 Å². The lowest BCUT2D eigenvalue weighted by Gasteiger charge is -2.06. The van der Waals surface area contributed by atoms with Crippen LogP contribution in [0.1, 0.15) is 27.1 Å². The zero-order valence-electron chi connectivity index (χ0n) is 11.8. The van der Waals surface area contributed by atoms with Gasteiger partial charge in [-0.15, -0.1) is 0 Å². The van der Waals surface area contributed by atoms with Crippen molar-refractivity contribution >= 4 is 29.2 Å². The summed E-state index contributed by atoms with van der Waals surface area (Å²) in [5.41, 5.74) is 2.45. The summed E-state index contributed by atoms with van der Waals surface area (Å²) in [6.45, 7) is 0. The second-order valence-corrected chi connectivity index (χ2v) is 4.57. The molecule has 0 aliphatic rings. The highest BCUT2D eigenvalue weighted by atomic mass is 16.5. The Morgan fingerprint density at radius 2 is 1.65 bits per heavy atom. The molecule has 4 N–H and O–H groups in total. The molecule has 8 nitrogen and oxygen atoms in total. The highest BCUT2D eigenvalue weighted by molar-refractivity contribution is 6.07. The Morgan fingerprint density at radius 3 is 2.17 bits per heavy atom. The minimum Gasteiger partial charge on any atom is -0.478 e. The lowest BCUT2D eigenvalue weighted by molar-refractivity contribution is -0.128. The van der Waals surface area contributed by atoms with Crippen molar-refractivity contribution < 1.29 is 24.7 Å². The number of rotatable bonds is 6. The number of nitrogens with zero attached hydrogens (tertiary/aromatic N) is 1. The van der Waals surface area contributed by atoms with Crippen molar-refractivity contribution in [3.8, 4) is 0 Å². The number of hydroxylamine groups is 1. The van der Waals surface area contributed by atoms with Crippen LogP contribution >= 0.6 is 0 Å². The molecule has 0 saturated carbocycles. The molecule has 1 amide bonds. The number of amides is 1. The van der Waals surface area contributed by atoms with E-state index in [2.05, 4.69) is 10.3 Å². The number of carboxylic acid groups (broad SMARTS) is 1. The van der Waals surface area contributed by atoms with Crippen molar-refractivity contribution in [3.63, 3.8) is 0 Å². The number of ketones is 1. The van der Waals surface area contributed by atoms with Crippen molar-refractivity contribution in [1.29, 1.82) is 0 Å². The number of aromatic nitrogens is 1. The number of hydrogen-bond acceptors (Lipinski definition) is 6. The number of Topliss-reactive ketones (excluding diaryl/α,β-unsaturated/α-hetero) is 1. The molecule has 23 heavy (non-hydrogen) atoms. The van der Waals surface area contributed by atoms with Gasteiger partial charge in [-0.1, -0.05) is 0 Å². The van der Waals surface area contributed by atoms with Crippen LogP contribution in [0.15, 0.2) is 42.6 Å². The van der Waals surface area contributed by atoms with Crippen molar-refractivity contribution in [2.24, 2.45) is 0 Å². The van der Waals surface area contributed by atoms with Gasteiger partial charge in [-0.25, -0.2) is 15.3 Å². The van der Waals surface area contributed by atoms with Crippen molar-refractivity contribution in [2.75, 3.05) is 5.32 Å². The van der Waals surface area contributed by atoms with Gasteiger partial charge in [0.2, 0.25) is 0 Å². The average molecular weight is 315 g/mol. The summed E-state index contributed by atoms with van der Waals surface area (Å²) in [4.78, 5) is 37.4. The highest BCUT2D eigenvalue weighted by Crippen LogP contribution is 2.16. The fourth-order valence-electron chi connectivity index (χ4n) is 1.77. The van der Waals surface area contributed by atoms with Gasteiger partial charge in [-0.05, 0) is 36.4 Å². The van der Waals surface area contributed by atoms with Gasteiger partial charge < -0.3 is 10.4 Å². The zero-order valence-corrected chi connectivity index (χ0v) is 11.8. The third-order valence-electron chi connectivity index (χ3n) is 2.94. The van der Waals surface area contributed by atoms with Gasteiger partial charge in [0.1, 0.15) is 5.82 Å². The van der Waals surface area contributed by atoms with Crippen LogP contribution in [0.3, 0.4) is 0 Å². The van der Waals surface area contributed by atoms with E-state index in [0.29, 0.717) is 17.1 Å². The fourth-order valence-corrected chi connectivity index (χ4v) is 1.77. The maximum Gasteiger partial charge on any atom is 0.337 e. The molecule has 0 unspecified atom stereocenters. The number of anilines is 2. The molecule has 1 aromatic heterocycles. The summed E-state index contributed by atoms with van der Waals surface area (Å²) in [6, 6.07) is 9.24. The summed E-state index contributed by atoms with van der Waals surface area (Å²) in [5, 5.41) is 20.1. The normalized spacial score (nSPS) is 9.96. The van der Waals surface area contributed by atoms with Crippen LogP contribution < -0.4 is 10.8 Å². The van der Waals surface area contributed by atoms with Crippen molar-refractivity contribution in [1.82, 2.24) is 10.5 Å². The minimum absolute atomic E-state index is 0.0821. The van der Waals surface area contributed by atoms with Crippen LogP contribution in [0.25, 0.3) is 0 Å². The number of hydrogen-bond donors (Lipinski definition) is 4. The lowest BCUT2D eigenvalue weighted by atomic mass is 10.1. The number of nitrogens with one attached hydrogen (secondary N) is 2. The van der Waals surface area contributed by atoms with E-state index in [-0.39, 0.29) is 5.56 Å². The number of benzene rings is 1. The molecule has 2 rings (SSSR count). The Labute approximate surface area is 130 Å². The molecule has 118 valence electrons. The Morgan fingerprint density at radius 1 is 1.00 bits per heavy atom. The summed E-state index contributed by atoms with van der Waals surface area (Å²) in [7, 11) is 0. The van der Waals surface area contributed by atoms with E-state index in [1.165, 1.54) is 35.9 Å². The van der Waals surface area contributed by atoms with Gasteiger partial charge in [0, 0.05) is 17.4 Å². The van der Waals surface area contributed by atoms with Gasteiger partial charge in [0.15, 0.2) is 5.78 Å². The fraction of sp³-hybridized carbons (Fsp3) is 0.0667. The summed E-state index contributed by atoms with van der Waals surface area (Å²) < 4.78 is 0. The number of carbonyl (C=O) groups excluding carboxylic acids is 2. The highest BCUT2D eigenvalue weighted by Gasteiger charge is 2.11. The Bertz CT molecular complexity index is 726. The van der Waals surface area contributed by atoms with Gasteiger partial charge in [0.05, 0.1) is 12.0 Å². The molecule has 0 atom stereocenters. The quantitative estimate of drug-likeness (QED) is 0.276. The molecule has 0 spiro atoms. The predicted molar refractivity (Wildman–Crippen MR) is 79.8 cm³/mol. The minimum atomic E-state index is -1.06. The van der Waals surface area contributed by atoms with Gasteiger partial charge >= 0.3 is 5.97 Å². The Balaban J connectivity index is 2.03. The van der Waals surface area contributed by atoms with Crippen LogP contribution in [0.2, 0.25) is 0 Å². The molecule has 8 heteroatoms. The summed E-state index contributed by atoms with van der Waals surface area (Å²) >= 11 is 0. The van der Waals surface area contributed by atoms with Gasteiger partial charge in [-0.2, -0.15) is 0 Å². The monoisotopic (exact) mass is 315 g/mol. The van der Waals surface area contributed by atoms with Crippen LogP contribution in [-0.4, -0.2) is 33.0 Å². The first-order chi connectivity index (χ1) is 11.0. The van der Waals surface area contributed by atoms with E-state index < -0.39 is 24.1 Å². The molecular formula is C15H13N3O5. The standard InChI is InChI=1S/C15H13N3O5/c19-12(7-14(20)18-23)9-1-4-11(5-2-9)17-13-6-3-10(8-16-13)15(21)22/h1-6,8,23H,7H2,(H,16,17)(H,18,20)(H,21,22). The molecule has 0 saturated heterocycles. The topological polar surface area (TPSA) is 129 Å². The second-order valence-electron chi connectivity index (χ2n) is 4.57. The maximum atomic E-state index is 11.7. The first-order valence-corrected chi connectivity index (χ1v) is 6.52. The van der Waals surface area contributed by atoms with E-state index in [1.54, 1.807) is 12.1 Å². The molecule has 0 radical (unpaired) electrons. The van der Waals surface area contributed by atoms with E-state index in [0.717, 1.165) is 0 Å². The predicted octanol–water partition coefficient (Wildman–Crippen LogP) is 1.60. The third kappa shape index (κ3) is 4.35. The first kappa shape index (κ1) is 16.1. The summed E-state index contributed by atoms with van der Waals surface area (Å²) in [5.74, 6) is -1.81. The van der Waals surface area contributed by atoms with E-state index in [9.17, 15) is 14.4 Å². The number of carbonyl (C=O) groups is 3. The first-order valence-electron chi connectivity index (χ1n) is 6.52. The molecule has 1 heterocycles. The molecule has 0 aliphatic carbocycles. The Hall–Kier alpha value is -3.26.